The van der Waals surface area contributed by atoms with Crippen molar-refractivity contribution in [2.45, 2.75) is 130 Å². The summed E-state index contributed by atoms with van der Waals surface area (Å²) in [6.07, 6.45) is 18.9. The lowest BCUT2D eigenvalue weighted by atomic mass is 9.44. The van der Waals surface area contributed by atoms with Gasteiger partial charge in [0.25, 0.3) is 0 Å². The average Bonchev–Trinajstić information content (AvgIpc) is 3.50. The van der Waals surface area contributed by atoms with E-state index in [-0.39, 0.29) is 16.4 Å². The van der Waals surface area contributed by atoms with Gasteiger partial charge < -0.3 is 22.2 Å². The first-order valence-electron chi connectivity index (χ1n) is 15.3. The van der Waals surface area contributed by atoms with Gasteiger partial charge in [-0.1, -0.05) is 65.3 Å². The Balaban J connectivity index is 0.000000347. The van der Waals surface area contributed by atoms with Gasteiger partial charge in [-0.25, -0.2) is 0 Å². The molecule has 0 aromatic heterocycles. The Bertz CT molecular complexity index is 738. The third kappa shape index (κ3) is 6.18. The minimum Gasteiger partial charge on any atom is -0.330 e. The third-order valence-corrected chi connectivity index (χ3v) is 10.5. The first-order valence-corrected chi connectivity index (χ1v) is 15.3. The molecule has 0 aromatic carbocycles. The van der Waals surface area contributed by atoms with Gasteiger partial charge in [0.15, 0.2) is 0 Å². The van der Waals surface area contributed by atoms with E-state index in [1.54, 1.807) is 5.57 Å². The molecule has 0 aromatic rings. The van der Waals surface area contributed by atoms with Gasteiger partial charge in [-0.2, -0.15) is 0 Å². The number of nitrogens with two attached hydrogens (primary N) is 2. The largest absolute Gasteiger partial charge is 0.330 e. The predicted molar refractivity (Wildman–Crippen MR) is 159 cm³/mol. The van der Waals surface area contributed by atoms with Crippen LogP contribution in [0.15, 0.2) is 24.3 Å². The molecule has 4 rings (SSSR count). The summed E-state index contributed by atoms with van der Waals surface area (Å²) < 4.78 is 0. The Labute approximate surface area is 224 Å². The van der Waals surface area contributed by atoms with Crippen LogP contribution >= 0.6 is 0 Å². The number of fused-ring (bicyclic) bond motifs is 3. The molecular formula is C32H60N4. The van der Waals surface area contributed by atoms with Crippen LogP contribution < -0.4 is 16.8 Å². The smallest absolute Gasteiger partial charge is 0.0228 e. The van der Waals surface area contributed by atoms with Gasteiger partial charge in [0.2, 0.25) is 0 Å². The van der Waals surface area contributed by atoms with Crippen molar-refractivity contribution in [3.8, 4) is 0 Å². The van der Waals surface area contributed by atoms with Crippen molar-refractivity contribution in [2.24, 2.45) is 40.1 Å². The van der Waals surface area contributed by atoms with Crippen molar-refractivity contribution < 1.29 is 0 Å². The predicted octanol–water partition coefficient (Wildman–Crippen LogP) is 7.38. The zero-order chi connectivity index (χ0) is 27.0. The first-order chi connectivity index (χ1) is 17.2. The molecule has 6 N–H and O–H groups in total. The second-order valence-electron chi connectivity index (χ2n) is 12.4. The molecule has 4 fully saturated rings. The summed E-state index contributed by atoms with van der Waals surface area (Å²) in [5, 5.41) is 11.7. The van der Waals surface area contributed by atoms with E-state index < -0.39 is 0 Å². The summed E-state index contributed by atoms with van der Waals surface area (Å²) in [5.41, 5.74) is 15.6. The molecule has 36 heavy (non-hydrogen) atoms. The van der Waals surface area contributed by atoms with Crippen LogP contribution in [0.2, 0.25) is 0 Å². The van der Waals surface area contributed by atoms with Crippen LogP contribution in [0.4, 0.5) is 0 Å². The highest BCUT2D eigenvalue weighted by atomic mass is 14.9. The molecule has 3 aliphatic carbocycles. The van der Waals surface area contributed by atoms with Gasteiger partial charge in [-0.05, 0) is 113 Å². The molecule has 4 nitrogen and oxygen atoms in total. The molecule has 1 heterocycles. The fourth-order valence-electron chi connectivity index (χ4n) is 8.90. The Morgan fingerprint density at radius 3 is 2.42 bits per heavy atom. The fourth-order valence-corrected chi connectivity index (χ4v) is 8.90. The molecule has 7 atom stereocenters. The summed E-state index contributed by atoms with van der Waals surface area (Å²) in [7, 11) is 0. The Hall–Kier alpha value is -0.970. The first kappa shape index (κ1) is 31.2. The molecule has 3 saturated carbocycles. The normalized spacial score (nSPS) is 40.3. The maximum atomic E-state index is 8.31. The zero-order valence-corrected chi connectivity index (χ0v) is 24.7. The van der Waals surface area contributed by atoms with Gasteiger partial charge in [0, 0.05) is 23.2 Å². The summed E-state index contributed by atoms with van der Waals surface area (Å²) in [5.74, 6) is 1.59. The quantitative estimate of drug-likeness (QED) is 0.275. The number of hydrogen-bond acceptors (Lipinski definition) is 4. The number of rotatable bonds is 7. The molecule has 1 saturated heterocycles. The summed E-state index contributed by atoms with van der Waals surface area (Å²) in [6.45, 7) is 19.3. The summed E-state index contributed by atoms with van der Waals surface area (Å²) in [4.78, 5) is 0. The molecular weight excluding hydrogens is 440 g/mol. The minimum absolute atomic E-state index is 0.0559. The van der Waals surface area contributed by atoms with E-state index in [0.29, 0.717) is 17.8 Å². The lowest BCUT2D eigenvalue weighted by molar-refractivity contribution is -0.0616. The minimum atomic E-state index is -0.0559. The molecule has 7 unspecified atom stereocenters. The maximum absolute atomic E-state index is 8.31. The number of allylic oxidation sites excluding steroid dienone is 3. The van der Waals surface area contributed by atoms with E-state index in [9.17, 15) is 0 Å². The highest BCUT2D eigenvalue weighted by Gasteiger charge is 2.64. The van der Waals surface area contributed by atoms with Crippen LogP contribution in [0, 0.1) is 34.0 Å². The molecule has 0 bridgehead atoms. The molecule has 0 spiro atoms. The second-order valence-corrected chi connectivity index (χ2v) is 12.4. The van der Waals surface area contributed by atoms with Crippen LogP contribution in [-0.2, 0) is 0 Å². The highest BCUT2D eigenvalue weighted by molar-refractivity contribution is 5.82. The van der Waals surface area contributed by atoms with Gasteiger partial charge in [-0.15, -0.1) is 0 Å². The van der Waals surface area contributed by atoms with E-state index in [0.717, 1.165) is 31.1 Å². The zero-order valence-electron chi connectivity index (χ0n) is 24.7. The standard InChI is InChI=1S/C23H38N2.C7H16N2.C2H6/c1-6-8-17-11-15-23(25)19-10-9-18(16(3)24)22(19,5)14-12-20(23)21(17,4)13-7-2;8-5-1-3-7-4-2-6-9-7;1-2/h6,8,18-20,24H,1,7,9-15,25H2,2-5H3;7,9H,1-6,8H2;1-2H3/b17-8-,24-16?;;. The van der Waals surface area contributed by atoms with Crippen molar-refractivity contribution >= 4 is 5.71 Å². The van der Waals surface area contributed by atoms with Gasteiger partial charge >= 0.3 is 0 Å². The van der Waals surface area contributed by atoms with Crippen molar-refractivity contribution in [1.29, 1.82) is 5.41 Å². The van der Waals surface area contributed by atoms with E-state index in [1.807, 2.05) is 26.8 Å². The van der Waals surface area contributed by atoms with Gasteiger partial charge in [0.05, 0.1) is 0 Å². The van der Waals surface area contributed by atoms with E-state index in [1.165, 1.54) is 70.8 Å². The van der Waals surface area contributed by atoms with Crippen LogP contribution in [0.3, 0.4) is 0 Å². The lowest BCUT2D eigenvalue weighted by Crippen LogP contribution is -2.66. The van der Waals surface area contributed by atoms with Crippen molar-refractivity contribution in [2.75, 3.05) is 13.1 Å². The summed E-state index contributed by atoms with van der Waals surface area (Å²) in [6, 6.07) is 0.786. The topological polar surface area (TPSA) is 87.9 Å². The molecule has 4 heteroatoms. The van der Waals surface area contributed by atoms with E-state index in [4.69, 9.17) is 16.9 Å². The maximum Gasteiger partial charge on any atom is 0.0228 e. The molecule has 208 valence electrons. The van der Waals surface area contributed by atoms with E-state index >= 15 is 0 Å². The monoisotopic (exact) mass is 500 g/mol. The average molecular weight is 501 g/mol. The fraction of sp³-hybridized carbons (Fsp3) is 0.844. The molecule has 0 amide bonds. The molecule has 1 aliphatic heterocycles. The van der Waals surface area contributed by atoms with E-state index in [2.05, 4.69) is 38.7 Å². The van der Waals surface area contributed by atoms with Crippen LogP contribution in [0.5, 0.6) is 0 Å². The van der Waals surface area contributed by atoms with Crippen LogP contribution in [-0.4, -0.2) is 30.4 Å². The Morgan fingerprint density at radius 2 is 1.86 bits per heavy atom. The van der Waals surface area contributed by atoms with Crippen LogP contribution in [0.1, 0.15) is 119 Å². The Kier molecular flexibility index (Phi) is 11.9. The molecule has 4 aliphatic rings. The number of nitrogens with one attached hydrogen (secondary N) is 2. The van der Waals surface area contributed by atoms with Crippen molar-refractivity contribution in [1.82, 2.24) is 5.32 Å². The second kappa shape index (κ2) is 13.7. The third-order valence-electron chi connectivity index (χ3n) is 10.5. The van der Waals surface area contributed by atoms with Gasteiger partial charge in [-0.3, -0.25) is 0 Å². The Morgan fingerprint density at radius 1 is 1.14 bits per heavy atom. The molecule has 0 radical (unpaired) electrons. The van der Waals surface area contributed by atoms with Crippen molar-refractivity contribution in [3.05, 3.63) is 24.3 Å². The van der Waals surface area contributed by atoms with Crippen LogP contribution in [0.25, 0.3) is 0 Å². The van der Waals surface area contributed by atoms with Crippen molar-refractivity contribution in [3.63, 3.8) is 0 Å². The highest BCUT2D eigenvalue weighted by Crippen LogP contribution is 2.67. The summed E-state index contributed by atoms with van der Waals surface area (Å²) >= 11 is 0. The number of hydrogen-bond donors (Lipinski definition) is 4. The SMILES string of the molecule is C=C/C=C1/CCC2(N)C(CCC3(C)C(C(C)=N)CCC32)C1(C)CCC.CC.NCCCC1CCCN1. The van der Waals surface area contributed by atoms with Gasteiger partial charge in [0.1, 0.15) is 0 Å². The lowest BCUT2D eigenvalue weighted by Gasteiger charge is -2.63.